The van der Waals surface area contributed by atoms with Crippen molar-refractivity contribution in [3.05, 3.63) is 95.6 Å². The lowest BCUT2D eigenvalue weighted by atomic mass is 9.74. The normalized spacial score (nSPS) is 15.8. The second kappa shape index (κ2) is 9.32. The predicted octanol–water partition coefficient (Wildman–Crippen LogP) is 4.83. The summed E-state index contributed by atoms with van der Waals surface area (Å²) in [7, 11) is 0. The van der Waals surface area contributed by atoms with Crippen LogP contribution in [0.1, 0.15) is 46.9 Å². The third kappa shape index (κ3) is 4.31. The molecule has 2 aliphatic rings. The quantitative estimate of drug-likeness (QED) is 0.434. The van der Waals surface area contributed by atoms with E-state index in [2.05, 4.69) is 51.7 Å². The number of nitrogens with one attached hydrogen (secondary N) is 1. The number of aromatic nitrogens is 3. The van der Waals surface area contributed by atoms with Crippen molar-refractivity contribution in [3.63, 3.8) is 0 Å². The number of aryl methyl sites for hydroxylation is 2. The van der Waals surface area contributed by atoms with Gasteiger partial charge < -0.3 is 14.8 Å². The summed E-state index contributed by atoms with van der Waals surface area (Å²) in [4.78, 5) is 36.6. The van der Waals surface area contributed by atoms with Crippen molar-refractivity contribution in [1.29, 1.82) is 0 Å². The summed E-state index contributed by atoms with van der Waals surface area (Å²) in [5, 5.41) is 2.93. The molecular formula is C30H29N5O2. The number of hydrogen-bond donors (Lipinski definition) is 1. The Morgan fingerprint density at radius 1 is 1.03 bits per heavy atom. The molecule has 0 radical (unpaired) electrons. The molecule has 1 N–H and O–H groups in total. The van der Waals surface area contributed by atoms with Gasteiger partial charge in [-0.15, -0.1) is 0 Å². The fraction of sp³-hybridized carbons (Fsp3) is 0.267. The Balaban J connectivity index is 1.24. The molecule has 0 saturated carbocycles. The number of pyridine rings is 1. The van der Waals surface area contributed by atoms with Gasteiger partial charge in [0.15, 0.2) is 0 Å². The van der Waals surface area contributed by atoms with Gasteiger partial charge in [0.25, 0.3) is 5.91 Å². The van der Waals surface area contributed by atoms with Gasteiger partial charge >= 0.3 is 0 Å². The molecular weight excluding hydrogens is 462 g/mol. The Morgan fingerprint density at radius 2 is 1.84 bits per heavy atom. The third-order valence-corrected chi connectivity index (χ3v) is 7.63. The molecule has 1 fully saturated rings. The minimum atomic E-state index is -0.185. The van der Waals surface area contributed by atoms with Crippen molar-refractivity contribution < 1.29 is 9.59 Å². The number of likely N-dealkylation sites (tertiary alicyclic amines) is 1. The summed E-state index contributed by atoms with van der Waals surface area (Å²) >= 11 is 0. The van der Waals surface area contributed by atoms with E-state index in [-0.39, 0.29) is 17.2 Å². The van der Waals surface area contributed by atoms with Gasteiger partial charge in [0, 0.05) is 55.8 Å². The summed E-state index contributed by atoms with van der Waals surface area (Å²) < 4.78 is 2.01. The Bertz CT molecular complexity index is 1510. The highest BCUT2D eigenvalue weighted by Crippen LogP contribution is 2.43. The van der Waals surface area contributed by atoms with Gasteiger partial charge in [-0.05, 0) is 48.2 Å². The largest absolute Gasteiger partial charge is 0.339 e. The van der Waals surface area contributed by atoms with E-state index in [1.807, 2.05) is 33.7 Å². The lowest BCUT2D eigenvalue weighted by molar-refractivity contribution is -0.114. The number of nitrogens with zero attached hydrogens (tertiary/aromatic N) is 4. The predicted molar refractivity (Wildman–Crippen MR) is 144 cm³/mol. The molecule has 2 aromatic heterocycles. The first-order chi connectivity index (χ1) is 18.0. The monoisotopic (exact) mass is 491 g/mol. The topological polar surface area (TPSA) is 80.1 Å². The zero-order chi connectivity index (χ0) is 25.4. The minimum absolute atomic E-state index is 0.0189. The SMILES string of the molecule is CC(=O)Nc1cc(C(=O)N2CCC3(C=Cc4ccccc43)CC2)cc2ncn(CCc3ccccn3)c12. The van der Waals surface area contributed by atoms with Crippen molar-refractivity contribution in [2.24, 2.45) is 0 Å². The Labute approximate surface area is 215 Å². The molecule has 0 bridgehead atoms. The number of rotatable bonds is 5. The van der Waals surface area contributed by atoms with Crippen molar-refractivity contribution in [2.45, 2.75) is 38.1 Å². The molecule has 2 aromatic carbocycles. The number of hydrogen-bond acceptors (Lipinski definition) is 4. The standard InChI is InChI=1S/C30H29N5O2/c1-21(36)33-27-19-23(18-26-28(27)35(20-32-26)15-10-24-7-4-5-14-31-24)29(37)34-16-12-30(13-17-34)11-9-22-6-2-3-8-25(22)30/h2-9,11,14,18-20H,10,12-13,15-17H2,1H3,(H,33,36). The average molecular weight is 492 g/mol. The van der Waals surface area contributed by atoms with Crippen LogP contribution in [0.2, 0.25) is 0 Å². The number of piperidine rings is 1. The Kier molecular flexibility index (Phi) is 5.83. The van der Waals surface area contributed by atoms with Crippen LogP contribution in [0, 0.1) is 0 Å². The average Bonchev–Trinajstić information content (AvgIpc) is 3.50. The van der Waals surface area contributed by atoms with Crippen LogP contribution in [0.3, 0.4) is 0 Å². The summed E-state index contributed by atoms with van der Waals surface area (Å²) in [6, 6.07) is 18.0. The second-order valence-electron chi connectivity index (χ2n) is 9.95. The van der Waals surface area contributed by atoms with Gasteiger partial charge in [0.05, 0.1) is 23.0 Å². The fourth-order valence-corrected chi connectivity index (χ4v) is 5.73. The van der Waals surface area contributed by atoms with Crippen LogP contribution in [0.25, 0.3) is 17.1 Å². The number of anilines is 1. The first-order valence-corrected chi connectivity index (χ1v) is 12.8. The fourth-order valence-electron chi connectivity index (χ4n) is 5.73. The van der Waals surface area contributed by atoms with Crippen molar-refractivity contribution in [3.8, 4) is 0 Å². The van der Waals surface area contributed by atoms with Crippen LogP contribution in [0.5, 0.6) is 0 Å². The molecule has 1 aliphatic carbocycles. The smallest absolute Gasteiger partial charge is 0.254 e. The first-order valence-electron chi connectivity index (χ1n) is 12.8. The van der Waals surface area contributed by atoms with E-state index in [1.165, 1.54) is 18.1 Å². The van der Waals surface area contributed by atoms with Crippen LogP contribution in [-0.4, -0.2) is 44.3 Å². The number of carbonyl (C=O) groups is 2. The van der Waals surface area contributed by atoms with Crippen LogP contribution in [0.15, 0.2) is 73.2 Å². The maximum Gasteiger partial charge on any atom is 0.254 e. The highest BCUT2D eigenvalue weighted by Gasteiger charge is 2.39. The molecule has 1 spiro atoms. The van der Waals surface area contributed by atoms with E-state index in [0.29, 0.717) is 36.4 Å². The van der Waals surface area contributed by atoms with E-state index in [1.54, 1.807) is 18.6 Å². The van der Waals surface area contributed by atoms with Crippen molar-refractivity contribution in [2.75, 3.05) is 18.4 Å². The van der Waals surface area contributed by atoms with Gasteiger partial charge in [-0.2, -0.15) is 0 Å². The molecule has 7 nitrogen and oxygen atoms in total. The Hall–Kier alpha value is -4.26. The maximum atomic E-state index is 13.6. The van der Waals surface area contributed by atoms with E-state index in [0.717, 1.165) is 30.5 Å². The number of allylic oxidation sites excluding steroid dienone is 1. The van der Waals surface area contributed by atoms with Crippen LogP contribution >= 0.6 is 0 Å². The molecule has 1 saturated heterocycles. The summed E-state index contributed by atoms with van der Waals surface area (Å²) in [5.74, 6) is -0.211. The zero-order valence-electron chi connectivity index (χ0n) is 20.9. The first kappa shape index (κ1) is 23.2. The van der Waals surface area contributed by atoms with E-state index in [9.17, 15) is 9.59 Å². The number of amides is 2. The lowest BCUT2D eigenvalue weighted by Crippen LogP contribution is -2.44. The number of imidazole rings is 1. The van der Waals surface area contributed by atoms with Gasteiger partial charge in [0.1, 0.15) is 0 Å². The number of fused-ring (bicyclic) bond motifs is 3. The number of benzene rings is 2. The minimum Gasteiger partial charge on any atom is -0.339 e. The van der Waals surface area contributed by atoms with Crippen LogP contribution in [-0.2, 0) is 23.2 Å². The van der Waals surface area contributed by atoms with E-state index in [4.69, 9.17) is 0 Å². The number of carbonyl (C=O) groups excluding carboxylic acids is 2. The molecule has 0 unspecified atom stereocenters. The molecule has 6 rings (SSSR count). The molecule has 37 heavy (non-hydrogen) atoms. The van der Waals surface area contributed by atoms with Crippen LogP contribution < -0.4 is 5.32 Å². The van der Waals surface area contributed by atoms with Crippen LogP contribution in [0.4, 0.5) is 5.69 Å². The summed E-state index contributed by atoms with van der Waals surface area (Å²) in [6.45, 7) is 3.51. The van der Waals surface area contributed by atoms with Gasteiger partial charge in [-0.1, -0.05) is 42.5 Å². The summed E-state index contributed by atoms with van der Waals surface area (Å²) in [5.41, 5.74) is 6.31. The molecule has 2 amide bonds. The lowest BCUT2D eigenvalue weighted by Gasteiger charge is -2.39. The third-order valence-electron chi connectivity index (χ3n) is 7.63. The van der Waals surface area contributed by atoms with E-state index < -0.39 is 0 Å². The molecule has 7 heteroatoms. The van der Waals surface area contributed by atoms with Crippen molar-refractivity contribution >= 4 is 34.6 Å². The molecule has 4 aromatic rings. The Morgan fingerprint density at radius 3 is 2.62 bits per heavy atom. The highest BCUT2D eigenvalue weighted by molar-refractivity contribution is 6.05. The molecule has 186 valence electrons. The van der Waals surface area contributed by atoms with Gasteiger partial charge in [-0.3, -0.25) is 14.6 Å². The maximum absolute atomic E-state index is 13.6. The molecule has 1 aliphatic heterocycles. The molecule has 3 heterocycles. The summed E-state index contributed by atoms with van der Waals surface area (Å²) in [6.07, 6.45) is 10.6. The van der Waals surface area contributed by atoms with E-state index >= 15 is 0 Å². The van der Waals surface area contributed by atoms with Crippen molar-refractivity contribution in [1.82, 2.24) is 19.4 Å². The second-order valence-corrected chi connectivity index (χ2v) is 9.95. The molecule has 0 atom stereocenters. The zero-order valence-corrected chi connectivity index (χ0v) is 20.9. The highest BCUT2D eigenvalue weighted by atomic mass is 16.2. The van der Waals surface area contributed by atoms with Gasteiger partial charge in [0.2, 0.25) is 5.91 Å². The van der Waals surface area contributed by atoms with Gasteiger partial charge in [-0.25, -0.2) is 4.98 Å².